The fourth-order valence-electron chi connectivity index (χ4n) is 2.29. The first-order chi connectivity index (χ1) is 11.8. The van der Waals surface area contributed by atoms with Gasteiger partial charge in [-0.25, -0.2) is 9.97 Å². The molecule has 1 aliphatic rings. The molecule has 132 valence electrons. The van der Waals surface area contributed by atoms with Gasteiger partial charge in [0.1, 0.15) is 17.8 Å². The van der Waals surface area contributed by atoms with E-state index in [0.29, 0.717) is 5.82 Å². The van der Waals surface area contributed by atoms with Crippen LogP contribution in [0.5, 0.6) is 0 Å². The smallest absolute Gasteiger partial charge is 0.361 e. The number of alkyl halides is 3. The van der Waals surface area contributed by atoms with Crippen LogP contribution < -0.4 is 10.9 Å². The van der Waals surface area contributed by atoms with Gasteiger partial charge < -0.3 is 15.2 Å². The Kier molecular flexibility index (Phi) is 4.43. The zero-order valence-corrected chi connectivity index (χ0v) is 12.9. The molecule has 1 fully saturated rings. The number of nitrogens with zero attached hydrogens (tertiary/aromatic N) is 3. The molecule has 0 aromatic carbocycles. The summed E-state index contributed by atoms with van der Waals surface area (Å²) in [6.45, 7) is 1.51. The van der Waals surface area contributed by atoms with Crippen LogP contribution >= 0.6 is 0 Å². The number of nitrogens with one attached hydrogen (secondary N) is 2. The molecule has 0 bridgehead atoms. The van der Waals surface area contributed by atoms with Crippen molar-refractivity contribution in [2.45, 2.75) is 12.6 Å². The minimum Gasteiger partial charge on any atom is -0.361 e. The Bertz CT molecular complexity index is 846. The molecule has 10 heteroatoms. The van der Waals surface area contributed by atoms with Crippen LogP contribution in [0.15, 0.2) is 29.3 Å². The lowest BCUT2D eigenvalue weighted by molar-refractivity contribution is -0.141. The molecular weight excluding hydrogens is 339 g/mol. The number of aromatic nitrogens is 3. The number of halogens is 3. The van der Waals surface area contributed by atoms with Crippen LogP contribution in [0.2, 0.25) is 0 Å². The number of aromatic amines is 1. The molecule has 0 aliphatic carbocycles. The average molecular weight is 353 g/mol. The van der Waals surface area contributed by atoms with Crippen LogP contribution in [-0.2, 0) is 11.0 Å². The third kappa shape index (κ3) is 3.78. The minimum atomic E-state index is -4.63. The highest BCUT2D eigenvalue weighted by Gasteiger charge is 2.32. The molecule has 0 spiro atoms. The molecule has 1 amide bonds. The fraction of sp³-hybridized carbons (Fsp3) is 0.333. The van der Waals surface area contributed by atoms with Crippen LogP contribution in [0.1, 0.15) is 12.1 Å². The maximum absolute atomic E-state index is 12.6. The number of carbonyl (C=O) groups is 1. The third-order valence-electron chi connectivity index (χ3n) is 3.79. The quantitative estimate of drug-likeness (QED) is 0.869. The van der Waals surface area contributed by atoms with Crippen molar-refractivity contribution in [1.29, 1.82) is 0 Å². The Labute approximate surface area is 139 Å². The van der Waals surface area contributed by atoms with Gasteiger partial charge in [-0.1, -0.05) is 0 Å². The van der Waals surface area contributed by atoms with E-state index in [4.69, 9.17) is 0 Å². The summed E-state index contributed by atoms with van der Waals surface area (Å²) >= 11 is 0. The van der Waals surface area contributed by atoms with Crippen molar-refractivity contribution in [3.05, 3.63) is 40.6 Å². The molecule has 25 heavy (non-hydrogen) atoms. The first kappa shape index (κ1) is 16.9. The lowest BCUT2D eigenvalue weighted by Gasteiger charge is -2.30. The number of rotatable bonds is 4. The van der Waals surface area contributed by atoms with E-state index in [1.54, 1.807) is 9.88 Å². The number of H-pyrrole nitrogens is 1. The average Bonchev–Trinajstić information content (AvgIpc) is 2.50. The summed E-state index contributed by atoms with van der Waals surface area (Å²) in [4.78, 5) is 35.0. The number of anilines is 1. The molecule has 3 rings (SSSR count). The highest BCUT2D eigenvalue weighted by molar-refractivity contribution is 5.81. The van der Waals surface area contributed by atoms with Crippen LogP contribution in [0.25, 0.3) is 11.3 Å². The van der Waals surface area contributed by atoms with Crippen molar-refractivity contribution in [3.8, 4) is 11.3 Å². The number of hydrogen-bond donors (Lipinski definition) is 2. The molecule has 2 aromatic heterocycles. The van der Waals surface area contributed by atoms with E-state index in [-0.39, 0.29) is 23.7 Å². The molecule has 2 aromatic rings. The van der Waals surface area contributed by atoms with E-state index in [2.05, 4.69) is 15.3 Å². The molecular formula is C15H14F3N5O2. The third-order valence-corrected chi connectivity index (χ3v) is 3.79. The lowest BCUT2D eigenvalue weighted by atomic mass is 10.2. The predicted molar refractivity (Wildman–Crippen MR) is 82.8 cm³/mol. The van der Waals surface area contributed by atoms with Gasteiger partial charge in [-0.2, -0.15) is 13.2 Å². The second-order valence-electron chi connectivity index (χ2n) is 5.49. The van der Waals surface area contributed by atoms with Gasteiger partial charge in [0.25, 0.3) is 5.56 Å². The molecule has 0 saturated carbocycles. The van der Waals surface area contributed by atoms with Crippen LogP contribution in [0.3, 0.4) is 0 Å². The van der Waals surface area contributed by atoms with E-state index < -0.39 is 17.4 Å². The van der Waals surface area contributed by atoms with E-state index in [1.807, 2.05) is 0 Å². The number of amides is 1. The van der Waals surface area contributed by atoms with Crippen LogP contribution in [0, 0.1) is 0 Å². The highest BCUT2D eigenvalue weighted by Crippen LogP contribution is 2.27. The SMILES string of the molecule is O=C(CNc1cc(-c2ccc(C(F)(F)F)[nH]c2=O)ncn1)N1CCC1. The van der Waals surface area contributed by atoms with Crippen molar-refractivity contribution < 1.29 is 18.0 Å². The molecule has 7 nitrogen and oxygen atoms in total. The van der Waals surface area contributed by atoms with E-state index in [9.17, 15) is 22.8 Å². The maximum Gasteiger partial charge on any atom is 0.431 e. The first-order valence-corrected chi connectivity index (χ1v) is 7.49. The second kappa shape index (κ2) is 6.54. The van der Waals surface area contributed by atoms with Crippen LogP contribution in [-0.4, -0.2) is 45.4 Å². The zero-order valence-electron chi connectivity index (χ0n) is 12.9. The molecule has 0 radical (unpaired) electrons. The summed E-state index contributed by atoms with van der Waals surface area (Å²) in [5.41, 5.74) is -1.90. The molecule has 1 saturated heterocycles. The molecule has 3 heterocycles. The van der Waals surface area contributed by atoms with Crippen molar-refractivity contribution in [3.63, 3.8) is 0 Å². The Morgan fingerprint density at radius 1 is 1.28 bits per heavy atom. The number of carbonyl (C=O) groups excluding carboxylic acids is 1. The van der Waals surface area contributed by atoms with E-state index in [0.717, 1.165) is 31.6 Å². The van der Waals surface area contributed by atoms with Gasteiger partial charge >= 0.3 is 6.18 Å². The zero-order chi connectivity index (χ0) is 18.0. The second-order valence-corrected chi connectivity index (χ2v) is 5.49. The number of hydrogen-bond acceptors (Lipinski definition) is 5. The summed E-state index contributed by atoms with van der Waals surface area (Å²) in [5, 5.41) is 2.82. The molecule has 1 aliphatic heterocycles. The van der Waals surface area contributed by atoms with Gasteiger partial charge in [-0.3, -0.25) is 9.59 Å². The summed E-state index contributed by atoms with van der Waals surface area (Å²) in [6, 6.07) is 3.24. The molecule has 0 atom stereocenters. The number of pyridine rings is 1. The highest BCUT2D eigenvalue weighted by atomic mass is 19.4. The normalized spacial score (nSPS) is 14.1. The fourth-order valence-corrected chi connectivity index (χ4v) is 2.29. The van der Waals surface area contributed by atoms with Crippen molar-refractivity contribution in [2.75, 3.05) is 25.0 Å². The Balaban J connectivity index is 1.77. The maximum atomic E-state index is 12.6. The first-order valence-electron chi connectivity index (χ1n) is 7.49. The standard InChI is InChI=1S/C15H14F3N5O2/c16-15(17,18)11-3-2-9(14(25)22-11)10-6-12(21-8-20-10)19-7-13(24)23-4-1-5-23/h2-3,6,8H,1,4-5,7H2,(H,22,25)(H,19,20,21). The van der Waals surface area contributed by atoms with Gasteiger partial charge in [0, 0.05) is 19.2 Å². The predicted octanol–water partition coefficient (Wildman–Crippen LogP) is 1.49. The largest absolute Gasteiger partial charge is 0.431 e. The van der Waals surface area contributed by atoms with Gasteiger partial charge in [-0.05, 0) is 18.6 Å². The minimum absolute atomic E-state index is 0.0208. The summed E-state index contributed by atoms with van der Waals surface area (Å²) in [6.07, 6.45) is -2.48. The Hall–Kier alpha value is -2.91. The van der Waals surface area contributed by atoms with Gasteiger partial charge in [0.2, 0.25) is 5.91 Å². The monoisotopic (exact) mass is 353 g/mol. The van der Waals surface area contributed by atoms with Crippen molar-refractivity contribution >= 4 is 11.7 Å². The van der Waals surface area contributed by atoms with Crippen molar-refractivity contribution in [1.82, 2.24) is 19.9 Å². The summed E-state index contributed by atoms with van der Waals surface area (Å²) in [5.74, 6) is 0.233. The van der Waals surface area contributed by atoms with Gasteiger partial charge in [0.15, 0.2) is 0 Å². The van der Waals surface area contributed by atoms with Crippen molar-refractivity contribution in [2.24, 2.45) is 0 Å². The molecule has 0 unspecified atom stereocenters. The van der Waals surface area contributed by atoms with Gasteiger partial charge in [-0.15, -0.1) is 0 Å². The Morgan fingerprint density at radius 3 is 2.64 bits per heavy atom. The Morgan fingerprint density at radius 2 is 2.04 bits per heavy atom. The topological polar surface area (TPSA) is 91.0 Å². The van der Waals surface area contributed by atoms with Crippen LogP contribution in [0.4, 0.5) is 19.0 Å². The van der Waals surface area contributed by atoms with E-state index in [1.165, 1.54) is 12.4 Å². The van der Waals surface area contributed by atoms with E-state index >= 15 is 0 Å². The number of likely N-dealkylation sites (tertiary alicyclic amines) is 1. The summed E-state index contributed by atoms with van der Waals surface area (Å²) < 4.78 is 37.8. The molecule has 2 N–H and O–H groups in total. The summed E-state index contributed by atoms with van der Waals surface area (Å²) in [7, 11) is 0. The lowest BCUT2D eigenvalue weighted by Crippen LogP contribution is -2.44. The van der Waals surface area contributed by atoms with Gasteiger partial charge in [0.05, 0.1) is 17.8 Å².